The van der Waals surface area contributed by atoms with Crippen LogP contribution in [-0.4, -0.2) is 38.1 Å². The molecular formula is C25H31NO4. The number of benzene rings is 2. The molecule has 2 atom stereocenters. The Morgan fingerprint density at radius 2 is 1.63 bits per heavy atom. The summed E-state index contributed by atoms with van der Waals surface area (Å²) in [5.74, 6) is 3.04. The standard InChI is InChI=1S/C25H31NO4/c1-28-22-14-21(25(27)26-13-12-19-10-6-7-11-20(19)16-26)15-23(29-2)24(22)30-17-18-8-4-3-5-9-18/h3-5,8-9,14-15,19-20H,6-7,10-13,16-17H2,1-2H3/t19-,20-/m0/s1. The minimum atomic E-state index is 0.0465. The number of fused-ring (bicyclic) bond motifs is 1. The molecule has 2 fully saturated rings. The van der Waals surface area contributed by atoms with Crippen LogP contribution in [0.15, 0.2) is 42.5 Å². The number of carbonyl (C=O) groups excluding carboxylic acids is 1. The first-order chi connectivity index (χ1) is 14.7. The van der Waals surface area contributed by atoms with Gasteiger partial charge in [0, 0.05) is 18.7 Å². The first-order valence-corrected chi connectivity index (χ1v) is 10.9. The predicted octanol–water partition coefficient (Wildman–Crippen LogP) is 4.94. The van der Waals surface area contributed by atoms with Gasteiger partial charge in [-0.1, -0.05) is 49.6 Å². The van der Waals surface area contributed by atoms with Gasteiger partial charge in [-0.2, -0.15) is 0 Å². The van der Waals surface area contributed by atoms with E-state index >= 15 is 0 Å². The number of hydrogen-bond acceptors (Lipinski definition) is 4. The summed E-state index contributed by atoms with van der Waals surface area (Å²) in [6, 6.07) is 13.5. The van der Waals surface area contributed by atoms with Gasteiger partial charge in [-0.05, 0) is 42.4 Å². The molecule has 0 spiro atoms. The molecule has 0 unspecified atom stereocenters. The lowest BCUT2D eigenvalue weighted by molar-refractivity contribution is 0.0520. The van der Waals surface area contributed by atoms with Crippen molar-refractivity contribution in [3.63, 3.8) is 0 Å². The van der Waals surface area contributed by atoms with E-state index in [1.807, 2.05) is 35.2 Å². The summed E-state index contributed by atoms with van der Waals surface area (Å²) < 4.78 is 17.1. The molecule has 1 aliphatic carbocycles. The second-order valence-electron chi connectivity index (χ2n) is 8.33. The number of hydrogen-bond donors (Lipinski definition) is 0. The molecule has 1 heterocycles. The van der Waals surface area contributed by atoms with Crippen molar-refractivity contribution < 1.29 is 19.0 Å². The van der Waals surface area contributed by atoms with Crippen molar-refractivity contribution >= 4 is 5.91 Å². The van der Waals surface area contributed by atoms with Crippen LogP contribution in [0.25, 0.3) is 0 Å². The molecule has 0 bridgehead atoms. The second-order valence-corrected chi connectivity index (χ2v) is 8.33. The lowest BCUT2D eigenvalue weighted by atomic mass is 9.75. The van der Waals surface area contributed by atoms with Crippen molar-refractivity contribution in [1.82, 2.24) is 4.90 Å². The summed E-state index contributed by atoms with van der Waals surface area (Å²) in [4.78, 5) is 15.3. The van der Waals surface area contributed by atoms with E-state index in [9.17, 15) is 4.79 Å². The van der Waals surface area contributed by atoms with Gasteiger partial charge in [0.15, 0.2) is 11.5 Å². The summed E-state index contributed by atoms with van der Waals surface area (Å²) in [5, 5.41) is 0. The number of amides is 1. The first-order valence-electron chi connectivity index (χ1n) is 10.9. The SMILES string of the molecule is COc1cc(C(=O)N2CC[C@@H]3CCCC[C@H]3C2)cc(OC)c1OCc1ccccc1. The van der Waals surface area contributed by atoms with Gasteiger partial charge in [-0.3, -0.25) is 4.79 Å². The summed E-state index contributed by atoms with van der Waals surface area (Å²) in [6.45, 7) is 2.09. The summed E-state index contributed by atoms with van der Waals surface area (Å²) in [6.07, 6.45) is 6.31. The lowest BCUT2D eigenvalue weighted by Crippen LogP contribution is -2.44. The average molecular weight is 410 g/mol. The minimum Gasteiger partial charge on any atom is -0.493 e. The van der Waals surface area contributed by atoms with E-state index in [-0.39, 0.29) is 5.91 Å². The van der Waals surface area contributed by atoms with E-state index in [0.29, 0.717) is 35.3 Å². The Bertz CT molecular complexity index is 842. The third-order valence-electron chi connectivity index (χ3n) is 6.51. The summed E-state index contributed by atoms with van der Waals surface area (Å²) in [7, 11) is 3.18. The van der Waals surface area contributed by atoms with Crippen LogP contribution in [0, 0.1) is 11.8 Å². The molecule has 5 heteroatoms. The molecule has 1 aliphatic heterocycles. The Labute approximate surface area is 178 Å². The van der Waals surface area contributed by atoms with Gasteiger partial charge in [-0.15, -0.1) is 0 Å². The molecule has 5 nitrogen and oxygen atoms in total. The Balaban J connectivity index is 1.52. The maximum absolute atomic E-state index is 13.3. The fourth-order valence-electron chi connectivity index (χ4n) is 4.84. The molecule has 1 saturated carbocycles. The number of likely N-dealkylation sites (tertiary alicyclic amines) is 1. The van der Waals surface area contributed by atoms with E-state index in [1.54, 1.807) is 26.4 Å². The molecule has 4 rings (SSSR count). The molecule has 0 aromatic heterocycles. The predicted molar refractivity (Wildman–Crippen MR) is 116 cm³/mol. The van der Waals surface area contributed by atoms with Crippen LogP contribution < -0.4 is 14.2 Å². The van der Waals surface area contributed by atoms with E-state index in [1.165, 1.54) is 25.7 Å². The smallest absolute Gasteiger partial charge is 0.254 e. The molecule has 2 aliphatic rings. The van der Waals surface area contributed by atoms with Crippen LogP contribution in [0.1, 0.15) is 48.0 Å². The monoisotopic (exact) mass is 409 g/mol. The van der Waals surface area contributed by atoms with Crippen LogP contribution in [0.2, 0.25) is 0 Å². The largest absolute Gasteiger partial charge is 0.493 e. The number of rotatable bonds is 6. The maximum atomic E-state index is 13.3. The molecule has 30 heavy (non-hydrogen) atoms. The molecule has 160 valence electrons. The van der Waals surface area contributed by atoms with Gasteiger partial charge < -0.3 is 19.1 Å². The van der Waals surface area contributed by atoms with Crippen molar-refractivity contribution in [1.29, 1.82) is 0 Å². The van der Waals surface area contributed by atoms with Crippen LogP contribution in [0.4, 0.5) is 0 Å². The third kappa shape index (κ3) is 4.40. The first kappa shape index (κ1) is 20.6. The zero-order chi connectivity index (χ0) is 20.9. The highest BCUT2D eigenvalue weighted by Crippen LogP contribution is 2.40. The van der Waals surface area contributed by atoms with E-state index in [0.717, 1.165) is 31.0 Å². The summed E-state index contributed by atoms with van der Waals surface area (Å²) >= 11 is 0. The van der Waals surface area contributed by atoms with Crippen LogP contribution in [0.5, 0.6) is 17.2 Å². The molecular weight excluding hydrogens is 378 g/mol. The Morgan fingerprint density at radius 3 is 2.30 bits per heavy atom. The summed E-state index contributed by atoms with van der Waals surface area (Å²) in [5.41, 5.74) is 1.64. The van der Waals surface area contributed by atoms with E-state index in [4.69, 9.17) is 14.2 Å². The van der Waals surface area contributed by atoms with Crippen molar-refractivity contribution in [3.8, 4) is 17.2 Å². The van der Waals surface area contributed by atoms with Gasteiger partial charge >= 0.3 is 0 Å². The second kappa shape index (κ2) is 9.41. The molecule has 0 radical (unpaired) electrons. The number of nitrogens with zero attached hydrogens (tertiary/aromatic N) is 1. The van der Waals surface area contributed by atoms with Gasteiger partial charge in [0.25, 0.3) is 5.91 Å². The van der Waals surface area contributed by atoms with Crippen LogP contribution >= 0.6 is 0 Å². The highest BCUT2D eigenvalue weighted by molar-refractivity contribution is 5.95. The number of ether oxygens (including phenoxy) is 3. The number of methoxy groups -OCH3 is 2. The topological polar surface area (TPSA) is 48.0 Å². The third-order valence-corrected chi connectivity index (χ3v) is 6.51. The Kier molecular flexibility index (Phi) is 6.46. The van der Waals surface area contributed by atoms with Gasteiger partial charge in [0.1, 0.15) is 6.61 Å². The van der Waals surface area contributed by atoms with Crippen LogP contribution in [0.3, 0.4) is 0 Å². The quantitative estimate of drug-likeness (QED) is 0.678. The van der Waals surface area contributed by atoms with E-state index < -0.39 is 0 Å². The highest BCUT2D eigenvalue weighted by Gasteiger charge is 2.33. The van der Waals surface area contributed by atoms with E-state index in [2.05, 4.69) is 0 Å². The fourth-order valence-corrected chi connectivity index (χ4v) is 4.84. The Morgan fingerprint density at radius 1 is 0.967 bits per heavy atom. The fraction of sp³-hybridized carbons (Fsp3) is 0.480. The minimum absolute atomic E-state index is 0.0465. The molecule has 2 aromatic carbocycles. The van der Waals surface area contributed by atoms with Crippen molar-refractivity contribution in [3.05, 3.63) is 53.6 Å². The van der Waals surface area contributed by atoms with Crippen molar-refractivity contribution in [2.75, 3.05) is 27.3 Å². The average Bonchev–Trinajstić information content (AvgIpc) is 2.82. The van der Waals surface area contributed by atoms with Gasteiger partial charge in [0.05, 0.1) is 14.2 Å². The van der Waals surface area contributed by atoms with Gasteiger partial charge in [0.2, 0.25) is 5.75 Å². The zero-order valence-electron chi connectivity index (χ0n) is 17.9. The van der Waals surface area contributed by atoms with Gasteiger partial charge in [-0.25, -0.2) is 0 Å². The van der Waals surface area contributed by atoms with Crippen molar-refractivity contribution in [2.24, 2.45) is 11.8 Å². The zero-order valence-corrected chi connectivity index (χ0v) is 17.9. The Hall–Kier alpha value is -2.69. The number of carbonyl (C=O) groups is 1. The lowest BCUT2D eigenvalue weighted by Gasteiger charge is -2.41. The van der Waals surface area contributed by atoms with Crippen molar-refractivity contribution in [2.45, 2.75) is 38.7 Å². The normalized spacial score (nSPS) is 20.9. The molecule has 1 amide bonds. The number of piperidine rings is 1. The highest BCUT2D eigenvalue weighted by atomic mass is 16.5. The molecule has 0 N–H and O–H groups in total. The maximum Gasteiger partial charge on any atom is 0.254 e. The molecule has 1 saturated heterocycles. The molecule has 2 aromatic rings. The van der Waals surface area contributed by atoms with Crippen LogP contribution in [-0.2, 0) is 6.61 Å².